The fourth-order valence-corrected chi connectivity index (χ4v) is 2.68. The second-order valence-corrected chi connectivity index (χ2v) is 4.93. The molecular formula is C14H11NOS. The number of nitrogens with one attached hydrogen (secondary N) is 1. The van der Waals surface area contributed by atoms with Crippen molar-refractivity contribution in [1.82, 2.24) is 0 Å². The van der Waals surface area contributed by atoms with Crippen molar-refractivity contribution in [2.75, 3.05) is 11.1 Å². The van der Waals surface area contributed by atoms with Gasteiger partial charge in [-0.2, -0.15) is 0 Å². The Balaban J connectivity index is 2.04. The van der Waals surface area contributed by atoms with E-state index < -0.39 is 0 Å². The van der Waals surface area contributed by atoms with Crippen molar-refractivity contribution in [2.45, 2.75) is 4.90 Å². The first kappa shape index (κ1) is 10.4. The van der Waals surface area contributed by atoms with Crippen LogP contribution in [-0.2, 0) is 4.79 Å². The molecule has 3 rings (SSSR count). The molecule has 0 saturated heterocycles. The van der Waals surface area contributed by atoms with E-state index in [4.69, 9.17) is 0 Å². The summed E-state index contributed by atoms with van der Waals surface area (Å²) in [5, 5.41) is 2.91. The summed E-state index contributed by atoms with van der Waals surface area (Å²) in [7, 11) is 0. The molecule has 2 nitrogen and oxygen atoms in total. The molecular weight excluding hydrogens is 230 g/mol. The van der Waals surface area contributed by atoms with Crippen LogP contribution < -0.4 is 5.32 Å². The van der Waals surface area contributed by atoms with E-state index >= 15 is 0 Å². The molecule has 1 N–H and O–H groups in total. The molecule has 0 saturated carbocycles. The molecule has 1 aliphatic heterocycles. The summed E-state index contributed by atoms with van der Waals surface area (Å²) >= 11 is 1.59. The molecule has 0 radical (unpaired) electrons. The molecule has 0 atom stereocenters. The molecule has 0 aliphatic carbocycles. The summed E-state index contributed by atoms with van der Waals surface area (Å²) in [4.78, 5) is 12.5. The summed E-state index contributed by atoms with van der Waals surface area (Å²) in [5.74, 6) is 0.588. The second kappa shape index (κ2) is 4.26. The third kappa shape index (κ3) is 2.06. The van der Waals surface area contributed by atoms with Crippen LogP contribution in [0.4, 0.5) is 5.69 Å². The lowest BCUT2D eigenvalue weighted by Crippen LogP contribution is -2.18. The maximum atomic E-state index is 11.3. The number of anilines is 1. The first-order valence-electron chi connectivity index (χ1n) is 5.45. The molecule has 0 bridgehead atoms. The van der Waals surface area contributed by atoms with Gasteiger partial charge in [0.2, 0.25) is 5.91 Å². The molecule has 1 heterocycles. The van der Waals surface area contributed by atoms with Crippen molar-refractivity contribution in [2.24, 2.45) is 0 Å². The maximum absolute atomic E-state index is 11.3. The lowest BCUT2D eigenvalue weighted by Gasteiger charge is -2.17. The average Bonchev–Trinajstić information content (AvgIpc) is 2.39. The molecule has 17 heavy (non-hydrogen) atoms. The van der Waals surface area contributed by atoms with Gasteiger partial charge in [0, 0.05) is 4.90 Å². The topological polar surface area (TPSA) is 29.1 Å². The smallest absolute Gasteiger partial charge is 0.234 e. The van der Waals surface area contributed by atoms with Crippen LogP contribution in [0.3, 0.4) is 0 Å². The third-order valence-corrected chi connectivity index (χ3v) is 3.79. The number of thioether (sulfide) groups is 1. The van der Waals surface area contributed by atoms with E-state index in [1.165, 1.54) is 5.56 Å². The Morgan fingerprint density at radius 2 is 1.82 bits per heavy atom. The van der Waals surface area contributed by atoms with Crippen LogP contribution in [0.25, 0.3) is 11.1 Å². The van der Waals surface area contributed by atoms with Crippen molar-refractivity contribution < 1.29 is 4.79 Å². The predicted molar refractivity (Wildman–Crippen MR) is 71.2 cm³/mol. The van der Waals surface area contributed by atoms with E-state index in [0.29, 0.717) is 5.75 Å². The highest BCUT2D eigenvalue weighted by Crippen LogP contribution is 2.34. The standard InChI is InChI=1S/C14H11NOS/c16-14-9-17-13-7-6-11(8-12(13)15-14)10-4-2-1-3-5-10/h1-8H,9H2,(H,15,16). The van der Waals surface area contributed by atoms with Gasteiger partial charge in [-0.3, -0.25) is 4.79 Å². The van der Waals surface area contributed by atoms with Gasteiger partial charge in [-0.15, -0.1) is 11.8 Å². The van der Waals surface area contributed by atoms with Crippen molar-refractivity contribution in [3.63, 3.8) is 0 Å². The number of benzene rings is 2. The fourth-order valence-electron chi connectivity index (χ4n) is 1.89. The van der Waals surface area contributed by atoms with E-state index in [-0.39, 0.29) is 5.91 Å². The monoisotopic (exact) mass is 241 g/mol. The number of hydrogen-bond donors (Lipinski definition) is 1. The van der Waals surface area contributed by atoms with E-state index in [0.717, 1.165) is 16.1 Å². The van der Waals surface area contributed by atoms with E-state index in [1.807, 2.05) is 24.3 Å². The molecule has 2 aromatic rings. The highest BCUT2D eigenvalue weighted by Gasteiger charge is 2.15. The molecule has 0 unspecified atom stereocenters. The molecule has 84 valence electrons. The molecule has 1 aliphatic rings. The largest absolute Gasteiger partial charge is 0.324 e. The van der Waals surface area contributed by atoms with Crippen molar-refractivity contribution in [3.8, 4) is 11.1 Å². The molecule has 1 amide bonds. The van der Waals surface area contributed by atoms with Gasteiger partial charge in [0.05, 0.1) is 11.4 Å². The quantitative estimate of drug-likeness (QED) is 0.829. The van der Waals surface area contributed by atoms with Crippen LogP contribution in [0.2, 0.25) is 0 Å². The summed E-state index contributed by atoms with van der Waals surface area (Å²) in [5.41, 5.74) is 3.22. The summed E-state index contributed by atoms with van der Waals surface area (Å²) < 4.78 is 0. The van der Waals surface area contributed by atoms with Crippen LogP contribution >= 0.6 is 11.8 Å². The zero-order valence-electron chi connectivity index (χ0n) is 9.14. The molecule has 3 heteroatoms. The molecule has 0 spiro atoms. The van der Waals surface area contributed by atoms with Crippen LogP contribution in [0.1, 0.15) is 0 Å². The number of carbonyl (C=O) groups is 1. The number of rotatable bonds is 1. The maximum Gasteiger partial charge on any atom is 0.234 e. The number of carbonyl (C=O) groups excluding carboxylic acids is 1. The Bertz CT molecular complexity index is 566. The minimum absolute atomic E-state index is 0.0766. The van der Waals surface area contributed by atoms with Gasteiger partial charge in [0.15, 0.2) is 0 Å². The summed E-state index contributed by atoms with van der Waals surface area (Å²) in [6, 6.07) is 16.4. The van der Waals surface area contributed by atoms with Crippen molar-refractivity contribution >= 4 is 23.4 Å². The van der Waals surface area contributed by atoms with E-state index in [9.17, 15) is 4.79 Å². The average molecular weight is 241 g/mol. The van der Waals surface area contributed by atoms with Gasteiger partial charge in [-0.05, 0) is 23.3 Å². The highest BCUT2D eigenvalue weighted by molar-refractivity contribution is 8.00. The molecule has 0 fully saturated rings. The van der Waals surface area contributed by atoms with Crippen LogP contribution in [-0.4, -0.2) is 11.7 Å². The first-order valence-corrected chi connectivity index (χ1v) is 6.43. The number of amides is 1. The Morgan fingerprint density at radius 1 is 1.00 bits per heavy atom. The zero-order valence-corrected chi connectivity index (χ0v) is 9.96. The van der Waals surface area contributed by atoms with Crippen molar-refractivity contribution in [1.29, 1.82) is 0 Å². The van der Waals surface area contributed by atoms with E-state index in [1.54, 1.807) is 11.8 Å². The van der Waals surface area contributed by atoms with Gasteiger partial charge in [0.25, 0.3) is 0 Å². The molecule has 0 aromatic heterocycles. The van der Waals surface area contributed by atoms with Crippen LogP contribution in [0.15, 0.2) is 53.4 Å². The van der Waals surface area contributed by atoms with Gasteiger partial charge in [-0.25, -0.2) is 0 Å². The van der Waals surface area contributed by atoms with Crippen molar-refractivity contribution in [3.05, 3.63) is 48.5 Å². The van der Waals surface area contributed by atoms with Gasteiger partial charge >= 0.3 is 0 Å². The molecule has 2 aromatic carbocycles. The Labute approximate surface area is 104 Å². The number of hydrogen-bond acceptors (Lipinski definition) is 2. The third-order valence-electron chi connectivity index (χ3n) is 2.72. The fraction of sp³-hybridized carbons (Fsp3) is 0.0714. The second-order valence-electron chi connectivity index (χ2n) is 3.91. The minimum atomic E-state index is 0.0766. The summed E-state index contributed by atoms with van der Waals surface area (Å²) in [6.07, 6.45) is 0. The van der Waals surface area contributed by atoms with Gasteiger partial charge < -0.3 is 5.32 Å². The highest BCUT2D eigenvalue weighted by atomic mass is 32.2. The summed E-state index contributed by atoms with van der Waals surface area (Å²) in [6.45, 7) is 0. The lowest BCUT2D eigenvalue weighted by molar-refractivity contribution is -0.113. The zero-order chi connectivity index (χ0) is 11.7. The predicted octanol–water partition coefficient (Wildman–Crippen LogP) is 3.40. The van der Waals surface area contributed by atoms with Crippen LogP contribution in [0, 0.1) is 0 Å². The minimum Gasteiger partial charge on any atom is -0.324 e. The lowest BCUT2D eigenvalue weighted by atomic mass is 10.1. The SMILES string of the molecule is O=C1CSc2ccc(-c3ccccc3)cc2N1. The van der Waals surface area contributed by atoms with Gasteiger partial charge in [-0.1, -0.05) is 36.4 Å². The Hall–Kier alpha value is -1.74. The first-order chi connectivity index (χ1) is 8.33. The van der Waals surface area contributed by atoms with Gasteiger partial charge in [0.1, 0.15) is 0 Å². The number of fused-ring (bicyclic) bond motifs is 1. The normalized spacial score (nSPS) is 14.0. The Kier molecular flexibility index (Phi) is 2.61. The van der Waals surface area contributed by atoms with E-state index in [2.05, 4.69) is 29.6 Å². The Morgan fingerprint density at radius 3 is 2.65 bits per heavy atom. The van der Waals surface area contributed by atoms with Crippen LogP contribution in [0.5, 0.6) is 0 Å².